The topological polar surface area (TPSA) is 97.4 Å². The highest BCUT2D eigenvalue weighted by atomic mass is 19.4. The summed E-state index contributed by atoms with van der Waals surface area (Å²) in [6.45, 7) is 9.06. The van der Waals surface area contributed by atoms with Crippen molar-refractivity contribution >= 4 is 29.3 Å². The molecule has 4 rings (SSSR count). The average Bonchev–Trinajstić information content (AvgIpc) is 3.29. The molecule has 1 saturated carbocycles. The summed E-state index contributed by atoms with van der Waals surface area (Å²) in [6.07, 6.45) is -3.04. The Labute approximate surface area is 272 Å². The van der Waals surface area contributed by atoms with Gasteiger partial charge in [0.05, 0.1) is 11.7 Å². The van der Waals surface area contributed by atoms with Crippen LogP contribution >= 0.6 is 0 Å². The molecule has 0 spiro atoms. The molecule has 1 heterocycles. The van der Waals surface area contributed by atoms with Gasteiger partial charge in [-0.15, -0.1) is 0 Å². The highest BCUT2D eigenvalue weighted by Crippen LogP contribution is 2.46. The summed E-state index contributed by atoms with van der Waals surface area (Å²) >= 11 is 0. The highest BCUT2D eigenvalue weighted by Gasteiger charge is 2.47. The summed E-state index contributed by atoms with van der Waals surface area (Å²) in [5.41, 5.74) is -2.35. The first-order chi connectivity index (χ1) is 21.8. The Morgan fingerprint density at radius 2 is 1.60 bits per heavy atom. The summed E-state index contributed by atoms with van der Waals surface area (Å²) in [5, 5.41) is 3.34. The minimum Gasteiger partial charge on any atom is -0.487 e. The van der Waals surface area contributed by atoms with E-state index in [1.54, 1.807) is 51.1 Å². The van der Waals surface area contributed by atoms with E-state index >= 15 is 4.39 Å². The van der Waals surface area contributed by atoms with Crippen molar-refractivity contribution in [3.63, 3.8) is 0 Å². The Kier molecular flexibility index (Phi) is 10.8. The molecule has 258 valence electrons. The molecular weight excluding hydrogens is 622 g/mol. The number of ether oxygens (including phenoxy) is 3. The number of fused-ring (bicyclic) bond motifs is 1. The van der Waals surface area contributed by atoms with Gasteiger partial charge in [-0.05, 0) is 78.8 Å². The lowest BCUT2D eigenvalue weighted by atomic mass is 9.85. The highest BCUT2D eigenvalue weighted by molar-refractivity contribution is 6.03. The predicted octanol–water partition coefficient (Wildman–Crippen LogP) is 6.70. The van der Waals surface area contributed by atoms with E-state index in [0.29, 0.717) is 18.0 Å². The molecule has 0 aromatic heterocycles. The van der Waals surface area contributed by atoms with Gasteiger partial charge in [0, 0.05) is 18.2 Å². The molecule has 2 aromatic rings. The monoisotopic (exact) mass is 665 g/mol. The summed E-state index contributed by atoms with van der Waals surface area (Å²) in [7, 11) is 0. The number of carbonyl (C=O) groups is 3. The maximum absolute atomic E-state index is 16.8. The summed E-state index contributed by atoms with van der Waals surface area (Å²) in [6, 6.07) is 9.15. The minimum absolute atomic E-state index is 0.00397. The first-order valence-corrected chi connectivity index (χ1v) is 15.7. The van der Waals surface area contributed by atoms with Crippen LogP contribution in [-0.2, 0) is 32.1 Å². The molecule has 0 unspecified atom stereocenters. The second-order valence-electron chi connectivity index (χ2n) is 13.9. The van der Waals surface area contributed by atoms with Crippen LogP contribution in [0.25, 0.3) is 0 Å². The number of halogens is 4. The van der Waals surface area contributed by atoms with Gasteiger partial charge in [-0.3, -0.25) is 19.4 Å². The first-order valence-electron chi connectivity index (χ1n) is 15.7. The molecule has 0 radical (unpaired) electrons. The number of nitrogens with one attached hydrogen (secondary N) is 1. The van der Waals surface area contributed by atoms with Crippen LogP contribution < -0.4 is 19.9 Å². The van der Waals surface area contributed by atoms with Crippen molar-refractivity contribution in [3.05, 3.63) is 53.3 Å². The van der Waals surface area contributed by atoms with Gasteiger partial charge in [0.15, 0.2) is 5.82 Å². The normalized spacial score (nSPS) is 16.7. The molecule has 2 amide bonds. The lowest BCUT2D eigenvalue weighted by Crippen LogP contribution is -2.47. The number of hydrogen-bond donors (Lipinski definition) is 1. The van der Waals surface area contributed by atoms with Crippen LogP contribution in [0.15, 0.2) is 36.4 Å². The van der Waals surface area contributed by atoms with Gasteiger partial charge >= 0.3 is 24.1 Å². The number of benzene rings is 2. The molecule has 9 nitrogen and oxygen atoms in total. The second-order valence-corrected chi connectivity index (χ2v) is 13.9. The number of anilines is 2. The van der Waals surface area contributed by atoms with Crippen molar-refractivity contribution in [2.24, 2.45) is 5.92 Å². The molecule has 1 N–H and O–H groups in total. The Morgan fingerprint density at radius 1 is 0.957 bits per heavy atom. The van der Waals surface area contributed by atoms with Gasteiger partial charge in [-0.1, -0.05) is 36.8 Å². The van der Waals surface area contributed by atoms with Crippen molar-refractivity contribution < 1.29 is 46.2 Å². The van der Waals surface area contributed by atoms with Gasteiger partial charge in [-0.2, -0.15) is 13.2 Å². The van der Waals surface area contributed by atoms with Crippen LogP contribution in [-0.4, -0.2) is 61.0 Å². The van der Waals surface area contributed by atoms with Crippen LogP contribution in [0.4, 0.5) is 33.7 Å². The first kappa shape index (κ1) is 36.0. The SMILES string of the molecule is CC(C)(C)OC(=O)CN(C(=O)C(F)(F)F)c1c(OCc2ccccc2)cc2c(c1F)C[C@H](CNCC1CCC1)N2C(=O)OC(C)(C)C. The molecular formula is C34H43F4N3O6. The molecule has 13 heteroatoms. The third-order valence-corrected chi connectivity index (χ3v) is 7.68. The third-order valence-electron chi connectivity index (χ3n) is 7.68. The van der Waals surface area contributed by atoms with E-state index in [9.17, 15) is 27.6 Å². The quantitative estimate of drug-likeness (QED) is 0.223. The van der Waals surface area contributed by atoms with Crippen LogP contribution in [0, 0.1) is 11.7 Å². The van der Waals surface area contributed by atoms with Gasteiger partial charge in [0.2, 0.25) is 0 Å². The second kappa shape index (κ2) is 14.1. The summed E-state index contributed by atoms with van der Waals surface area (Å²) in [5.74, 6) is -4.86. The van der Waals surface area contributed by atoms with Crippen LogP contribution in [0.1, 0.15) is 71.9 Å². The van der Waals surface area contributed by atoms with Gasteiger partial charge < -0.3 is 19.5 Å². The zero-order valence-corrected chi connectivity index (χ0v) is 27.6. The number of esters is 1. The van der Waals surface area contributed by atoms with Gasteiger partial charge in [-0.25, -0.2) is 9.18 Å². The summed E-state index contributed by atoms with van der Waals surface area (Å²) < 4.78 is 75.6. The van der Waals surface area contributed by atoms with E-state index in [-0.39, 0.29) is 35.7 Å². The van der Waals surface area contributed by atoms with E-state index in [4.69, 9.17) is 14.2 Å². The number of amides is 2. The fraction of sp³-hybridized carbons (Fsp3) is 0.559. The molecule has 47 heavy (non-hydrogen) atoms. The smallest absolute Gasteiger partial charge is 0.471 e. The van der Waals surface area contributed by atoms with Crippen molar-refractivity contribution in [1.29, 1.82) is 0 Å². The number of carbonyl (C=O) groups excluding carboxylic acids is 3. The van der Waals surface area contributed by atoms with E-state index in [0.717, 1.165) is 19.3 Å². The van der Waals surface area contributed by atoms with E-state index < -0.39 is 65.2 Å². The molecule has 2 aromatic carbocycles. The molecule has 0 bridgehead atoms. The average molecular weight is 666 g/mol. The Hall–Kier alpha value is -3.87. The van der Waals surface area contributed by atoms with Crippen LogP contribution in [0.3, 0.4) is 0 Å². The molecule has 1 fully saturated rings. The minimum atomic E-state index is -5.47. The predicted molar refractivity (Wildman–Crippen MR) is 168 cm³/mol. The number of rotatable bonds is 10. The van der Waals surface area contributed by atoms with E-state index in [2.05, 4.69) is 5.32 Å². The fourth-order valence-electron chi connectivity index (χ4n) is 5.45. The lowest BCUT2D eigenvalue weighted by Gasteiger charge is -2.31. The fourth-order valence-corrected chi connectivity index (χ4v) is 5.45. The standard InChI is InChI=1S/C34H43F4N3O6/c1-32(2,3)46-27(42)19-40(30(43)34(36,37)38)29-26(45-20-22-11-8-7-9-12-22)16-25-24(28(29)35)15-23(18-39-17-21-13-10-14-21)41(25)31(44)47-33(4,5)6/h7-9,11-12,16,21,23,39H,10,13-15,17-20H2,1-6H3/t23-/m1/s1. The largest absolute Gasteiger partial charge is 0.487 e. The Morgan fingerprint density at radius 3 is 2.15 bits per heavy atom. The maximum Gasteiger partial charge on any atom is 0.471 e. The van der Waals surface area contributed by atoms with Crippen molar-refractivity contribution in [2.75, 3.05) is 29.4 Å². The van der Waals surface area contributed by atoms with Crippen LogP contribution in [0.2, 0.25) is 0 Å². The zero-order valence-electron chi connectivity index (χ0n) is 27.6. The Bertz CT molecular complexity index is 1450. The van der Waals surface area contributed by atoms with E-state index in [1.165, 1.54) is 31.7 Å². The van der Waals surface area contributed by atoms with E-state index in [1.807, 2.05) is 0 Å². The van der Waals surface area contributed by atoms with Crippen molar-refractivity contribution in [2.45, 2.75) is 97.3 Å². The van der Waals surface area contributed by atoms with Gasteiger partial charge in [0.25, 0.3) is 0 Å². The molecule has 1 aliphatic heterocycles. The van der Waals surface area contributed by atoms with Crippen molar-refractivity contribution in [3.8, 4) is 5.75 Å². The van der Waals surface area contributed by atoms with Gasteiger partial charge in [0.1, 0.15) is 35.8 Å². The molecule has 1 atom stereocenters. The van der Waals surface area contributed by atoms with Crippen molar-refractivity contribution in [1.82, 2.24) is 5.32 Å². The molecule has 2 aliphatic rings. The lowest BCUT2D eigenvalue weighted by molar-refractivity contribution is -0.171. The number of nitrogens with zero attached hydrogens (tertiary/aromatic N) is 2. The third kappa shape index (κ3) is 9.36. The Balaban J connectivity index is 1.83. The molecule has 0 saturated heterocycles. The molecule has 1 aliphatic carbocycles. The number of alkyl halides is 3. The maximum atomic E-state index is 16.8. The number of hydrogen-bond acceptors (Lipinski definition) is 7. The van der Waals surface area contributed by atoms with Crippen LogP contribution in [0.5, 0.6) is 5.75 Å². The zero-order chi connectivity index (χ0) is 34.7. The summed E-state index contributed by atoms with van der Waals surface area (Å²) in [4.78, 5) is 40.5.